The Morgan fingerprint density at radius 1 is 0.373 bits per heavy atom. The van der Waals surface area contributed by atoms with Crippen LogP contribution in [0.4, 0.5) is 0 Å². The maximum atomic E-state index is 10.6. The zero-order valence-corrected chi connectivity index (χ0v) is 27.3. The number of hydrogen-bond donors (Lipinski definition) is 0. The molecule has 0 fully saturated rings. The fraction of sp³-hybridized carbons (Fsp3) is 0. The normalized spacial score (nSPS) is 11.1. The van der Waals surface area contributed by atoms with Crippen molar-refractivity contribution in [3.05, 3.63) is 174 Å². The van der Waals surface area contributed by atoms with E-state index in [1.165, 1.54) is 0 Å². The van der Waals surface area contributed by atoms with Gasteiger partial charge in [-0.3, -0.25) is 0 Å². The van der Waals surface area contributed by atoms with Gasteiger partial charge >= 0.3 is 0 Å². The minimum absolute atomic E-state index is 0.434. The second kappa shape index (κ2) is 11.9. The third-order valence-electron chi connectivity index (χ3n) is 9.87. The highest BCUT2D eigenvalue weighted by atomic mass is 15.0. The van der Waals surface area contributed by atoms with E-state index in [-0.39, 0.29) is 0 Å². The van der Waals surface area contributed by atoms with Crippen molar-refractivity contribution in [3.8, 4) is 57.3 Å². The van der Waals surface area contributed by atoms with E-state index in [0.717, 1.165) is 82.4 Å². The molecule has 0 radical (unpaired) electrons. The van der Waals surface area contributed by atoms with Crippen LogP contribution >= 0.6 is 0 Å². The molecule has 0 saturated carbocycles. The predicted molar refractivity (Wildman–Crippen MR) is 206 cm³/mol. The zero-order chi connectivity index (χ0) is 34.5. The van der Waals surface area contributed by atoms with Gasteiger partial charge in [-0.25, -0.2) is 0 Å². The van der Waals surface area contributed by atoms with E-state index in [9.17, 15) is 15.8 Å². The Morgan fingerprint density at radius 2 is 0.922 bits per heavy atom. The van der Waals surface area contributed by atoms with Crippen molar-refractivity contribution in [3.63, 3.8) is 0 Å². The average molecular weight is 647 g/mol. The number of benzene rings is 8. The summed E-state index contributed by atoms with van der Waals surface area (Å²) in [6.45, 7) is 0. The number of nitriles is 3. The molecule has 9 rings (SSSR count). The van der Waals surface area contributed by atoms with Gasteiger partial charge in [-0.15, -0.1) is 0 Å². The molecule has 0 aliphatic carbocycles. The van der Waals surface area contributed by atoms with Crippen LogP contribution in [0.5, 0.6) is 0 Å². The summed E-state index contributed by atoms with van der Waals surface area (Å²) in [7, 11) is 0. The highest BCUT2D eigenvalue weighted by Gasteiger charge is 2.22. The van der Waals surface area contributed by atoms with Crippen LogP contribution in [-0.2, 0) is 0 Å². The third kappa shape index (κ3) is 4.66. The lowest BCUT2D eigenvalue weighted by atomic mass is 9.82. The summed E-state index contributed by atoms with van der Waals surface area (Å²) in [6, 6.07) is 60.2. The molecule has 0 bridgehead atoms. The van der Waals surface area contributed by atoms with Crippen LogP contribution in [0, 0.1) is 34.0 Å². The summed E-state index contributed by atoms with van der Waals surface area (Å²) in [5, 5.41) is 36.8. The second-order valence-electron chi connectivity index (χ2n) is 12.6. The Kier molecular flexibility index (Phi) is 6.93. The summed E-state index contributed by atoms with van der Waals surface area (Å²) >= 11 is 0. The summed E-state index contributed by atoms with van der Waals surface area (Å²) in [6.07, 6.45) is 0. The molecule has 0 spiro atoms. The van der Waals surface area contributed by atoms with Crippen LogP contribution in [0.1, 0.15) is 16.7 Å². The van der Waals surface area contributed by atoms with Crippen LogP contribution < -0.4 is 0 Å². The molecule has 0 aliphatic rings. The molecule has 8 aromatic carbocycles. The number of aromatic nitrogens is 1. The van der Waals surface area contributed by atoms with Gasteiger partial charge in [0.1, 0.15) is 0 Å². The summed E-state index contributed by atoms with van der Waals surface area (Å²) in [5.41, 5.74) is 10.3. The molecule has 0 N–H and O–H groups in total. The molecule has 0 amide bonds. The fourth-order valence-electron chi connectivity index (χ4n) is 7.74. The molecule has 9 aromatic rings. The van der Waals surface area contributed by atoms with Crippen molar-refractivity contribution in [2.24, 2.45) is 0 Å². The van der Waals surface area contributed by atoms with E-state index in [1.54, 1.807) is 6.07 Å². The average Bonchev–Trinajstić information content (AvgIpc) is 3.53. The van der Waals surface area contributed by atoms with Crippen molar-refractivity contribution in [1.29, 1.82) is 15.8 Å². The molecule has 1 aromatic heterocycles. The van der Waals surface area contributed by atoms with Gasteiger partial charge in [-0.05, 0) is 97.9 Å². The van der Waals surface area contributed by atoms with E-state index in [2.05, 4.69) is 132 Å². The van der Waals surface area contributed by atoms with Crippen molar-refractivity contribution < 1.29 is 0 Å². The van der Waals surface area contributed by atoms with Crippen LogP contribution in [-0.4, -0.2) is 4.57 Å². The van der Waals surface area contributed by atoms with Crippen LogP contribution in [0.3, 0.4) is 0 Å². The SMILES string of the molecule is N#Cc1cc(C#N)c(-c2ccc(-n3c4ccccc4c4cc(C#N)ccc43)cc2)c(-c2c3ccccc3c(-c3ccccc3)c3ccccc23)c1. The standard InChI is InChI=1S/C47H26N4/c48-27-30-18-23-44-41(25-30)36-12-8-9-17-43(36)51(44)35-21-19-33(20-22-35)45-34(29-50)24-31(28-49)26-42(45)47-39-15-6-4-13-37(39)46(32-10-2-1-3-11-32)38-14-5-7-16-40(38)47/h1-26H. The van der Waals surface area contributed by atoms with Crippen LogP contribution in [0.25, 0.3) is 82.4 Å². The summed E-state index contributed by atoms with van der Waals surface area (Å²) in [5.74, 6) is 0. The summed E-state index contributed by atoms with van der Waals surface area (Å²) < 4.78 is 2.21. The lowest BCUT2D eigenvalue weighted by molar-refractivity contribution is 1.18. The molecular weight excluding hydrogens is 621 g/mol. The first kappa shape index (κ1) is 29.7. The molecule has 0 saturated heterocycles. The Balaban J connectivity index is 1.31. The molecule has 0 atom stereocenters. The number of fused-ring (bicyclic) bond motifs is 5. The van der Waals surface area contributed by atoms with Gasteiger partial charge < -0.3 is 4.57 Å². The quantitative estimate of drug-likeness (QED) is 0.179. The predicted octanol–water partition coefficient (Wildman–Crippen LogP) is 11.7. The molecule has 1 heterocycles. The van der Waals surface area contributed by atoms with Gasteiger partial charge in [0.2, 0.25) is 0 Å². The minimum atomic E-state index is 0.434. The van der Waals surface area contributed by atoms with Crippen molar-refractivity contribution in [1.82, 2.24) is 4.57 Å². The van der Waals surface area contributed by atoms with E-state index in [0.29, 0.717) is 16.7 Å². The lowest BCUT2D eigenvalue weighted by Gasteiger charge is -2.20. The molecule has 4 heteroatoms. The smallest absolute Gasteiger partial charge is 0.0998 e. The lowest BCUT2D eigenvalue weighted by Crippen LogP contribution is -1.97. The fourth-order valence-corrected chi connectivity index (χ4v) is 7.74. The molecule has 51 heavy (non-hydrogen) atoms. The largest absolute Gasteiger partial charge is 0.309 e. The molecule has 234 valence electrons. The number of para-hydroxylation sites is 1. The van der Waals surface area contributed by atoms with Gasteiger partial charge in [0.25, 0.3) is 0 Å². The van der Waals surface area contributed by atoms with Crippen molar-refractivity contribution >= 4 is 43.4 Å². The first-order valence-corrected chi connectivity index (χ1v) is 16.7. The second-order valence-corrected chi connectivity index (χ2v) is 12.6. The topological polar surface area (TPSA) is 76.3 Å². The first-order chi connectivity index (χ1) is 25.2. The van der Waals surface area contributed by atoms with Gasteiger partial charge in [0.15, 0.2) is 0 Å². The third-order valence-corrected chi connectivity index (χ3v) is 9.87. The zero-order valence-electron chi connectivity index (χ0n) is 27.3. The van der Waals surface area contributed by atoms with Gasteiger partial charge in [0.05, 0.1) is 45.9 Å². The summed E-state index contributed by atoms with van der Waals surface area (Å²) in [4.78, 5) is 0. The van der Waals surface area contributed by atoms with E-state index in [1.807, 2.05) is 42.5 Å². The molecule has 4 nitrogen and oxygen atoms in total. The van der Waals surface area contributed by atoms with E-state index < -0.39 is 0 Å². The Hall–Kier alpha value is -7.45. The number of nitrogens with zero attached hydrogens (tertiary/aromatic N) is 4. The Labute approximate surface area is 294 Å². The van der Waals surface area contributed by atoms with Crippen LogP contribution in [0.15, 0.2) is 158 Å². The molecule has 0 unspecified atom stereocenters. The van der Waals surface area contributed by atoms with Gasteiger partial charge in [-0.2, -0.15) is 15.8 Å². The van der Waals surface area contributed by atoms with Gasteiger partial charge in [-0.1, -0.05) is 109 Å². The Bertz CT molecular complexity index is 2930. The van der Waals surface area contributed by atoms with E-state index >= 15 is 0 Å². The maximum Gasteiger partial charge on any atom is 0.0998 e. The van der Waals surface area contributed by atoms with Gasteiger partial charge in [0, 0.05) is 22.0 Å². The highest BCUT2D eigenvalue weighted by Crippen LogP contribution is 2.47. The number of hydrogen-bond acceptors (Lipinski definition) is 3. The molecule has 0 aliphatic heterocycles. The Morgan fingerprint density at radius 3 is 1.55 bits per heavy atom. The highest BCUT2D eigenvalue weighted by molar-refractivity contribution is 6.22. The van der Waals surface area contributed by atoms with E-state index in [4.69, 9.17) is 0 Å². The number of rotatable bonds is 4. The maximum absolute atomic E-state index is 10.6. The van der Waals surface area contributed by atoms with Crippen molar-refractivity contribution in [2.45, 2.75) is 0 Å². The molecular formula is C47H26N4. The van der Waals surface area contributed by atoms with Crippen LogP contribution in [0.2, 0.25) is 0 Å². The first-order valence-electron chi connectivity index (χ1n) is 16.7. The minimum Gasteiger partial charge on any atom is -0.309 e. The van der Waals surface area contributed by atoms with Crippen molar-refractivity contribution in [2.75, 3.05) is 0 Å². The monoisotopic (exact) mass is 646 g/mol.